The van der Waals surface area contributed by atoms with Gasteiger partial charge in [-0.15, -0.1) is 0 Å². The van der Waals surface area contributed by atoms with Crippen molar-refractivity contribution in [3.05, 3.63) is 157 Å². The molecule has 0 fully saturated rings. The first-order valence-corrected chi connectivity index (χ1v) is 15.4. The van der Waals surface area contributed by atoms with Crippen molar-refractivity contribution in [2.75, 3.05) is 0 Å². The third-order valence-electron chi connectivity index (χ3n) is 8.56. The minimum Gasteiger partial charge on any atom is -0.508 e. The molecule has 0 amide bonds. The molecule has 8 aromatic rings. The third-order valence-corrected chi connectivity index (χ3v) is 8.56. The first kappa shape index (κ1) is 28.8. The second kappa shape index (κ2) is 11.6. The van der Waals surface area contributed by atoms with Crippen molar-refractivity contribution in [1.29, 1.82) is 0 Å². The number of aromatic hydroxyl groups is 2. The lowest BCUT2D eigenvalue weighted by atomic mass is 9.92. The van der Waals surface area contributed by atoms with E-state index in [1.807, 2.05) is 60.7 Å². The minimum atomic E-state index is -0.553. The summed E-state index contributed by atoms with van der Waals surface area (Å²) in [4.78, 5) is 27.4. The molecule has 0 spiro atoms. The highest BCUT2D eigenvalue weighted by Gasteiger charge is 2.23. The van der Waals surface area contributed by atoms with Crippen LogP contribution in [0.5, 0.6) is 23.0 Å². The normalized spacial score (nSPS) is 11.2. The van der Waals surface area contributed by atoms with E-state index < -0.39 is 11.9 Å². The quantitative estimate of drug-likeness (QED) is 0.146. The lowest BCUT2D eigenvalue weighted by Crippen LogP contribution is -2.11. The molecule has 0 bridgehead atoms. The van der Waals surface area contributed by atoms with E-state index in [4.69, 9.17) is 9.47 Å². The summed E-state index contributed by atoms with van der Waals surface area (Å²) >= 11 is 0. The van der Waals surface area contributed by atoms with Gasteiger partial charge < -0.3 is 19.7 Å². The molecule has 0 saturated carbocycles. The van der Waals surface area contributed by atoms with Crippen LogP contribution in [0.15, 0.2) is 146 Å². The zero-order valence-electron chi connectivity index (χ0n) is 25.4. The molecule has 0 aliphatic heterocycles. The van der Waals surface area contributed by atoms with Crippen molar-refractivity contribution < 1.29 is 29.3 Å². The summed E-state index contributed by atoms with van der Waals surface area (Å²) in [5.41, 5.74) is 1.92. The molecule has 0 unspecified atom stereocenters. The molecule has 0 saturated heterocycles. The molecular formula is C42H26O6. The van der Waals surface area contributed by atoms with Crippen molar-refractivity contribution in [2.24, 2.45) is 0 Å². The van der Waals surface area contributed by atoms with Crippen LogP contribution in [0.3, 0.4) is 0 Å². The largest absolute Gasteiger partial charge is 0.508 e. The van der Waals surface area contributed by atoms with E-state index in [9.17, 15) is 19.8 Å². The molecule has 0 heterocycles. The lowest BCUT2D eigenvalue weighted by molar-refractivity contribution is 0.0723. The van der Waals surface area contributed by atoms with E-state index in [0.29, 0.717) is 33.8 Å². The predicted molar refractivity (Wildman–Crippen MR) is 188 cm³/mol. The summed E-state index contributed by atoms with van der Waals surface area (Å²) in [5.74, 6) is -0.199. The molecule has 8 aromatic carbocycles. The Morgan fingerprint density at radius 1 is 0.396 bits per heavy atom. The second-order valence-corrected chi connectivity index (χ2v) is 11.6. The number of fused-ring (bicyclic) bond motifs is 4. The zero-order chi connectivity index (χ0) is 32.8. The van der Waals surface area contributed by atoms with Crippen molar-refractivity contribution in [3.8, 4) is 34.1 Å². The van der Waals surface area contributed by atoms with E-state index in [-0.39, 0.29) is 11.5 Å². The highest BCUT2D eigenvalue weighted by atomic mass is 16.5. The third kappa shape index (κ3) is 5.21. The molecule has 0 aliphatic carbocycles. The summed E-state index contributed by atoms with van der Waals surface area (Å²) in [7, 11) is 0. The van der Waals surface area contributed by atoms with Crippen LogP contribution in [0.4, 0.5) is 0 Å². The Bertz CT molecular complexity index is 2410. The van der Waals surface area contributed by atoms with E-state index in [2.05, 4.69) is 0 Å². The highest BCUT2D eigenvalue weighted by Crippen LogP contribution is 2.46. The Balaban J connectivity index is 1.27. The van der Waals surface area contributed by atoms with Crippen LogP contribution in [-0.4, -0.2) is 22.2 Å². The van der Waals surface area contributed by atoms with Crippen LogP contribution < -0.4 is 9.47 Å². The molecule has 0 aliphatic rings. The average molecular weight is 627 g/mol. The molecule has 0 aromatic heterocycles. The summed E-state index contributed by atoms with van der Waals surface area (Å²) in [6.07, 6.45) is 0. The molecule has 8 rings (SSSR count). The Morgan fingerprint density at radius 3 is 1.23 bits per heavy atom. The monoisotopic (exact) mass is 626 g/mol. The first-order valence-electron chi connectivity index (χ1n) is 15.4. The maximum atomic E-state index is 13.7. The predicted octanol–water partition coefficient (Wildman–Crippen LogP) is 9.82. The molecule has 48 heavy (non-hydrogen) atoms. The van der Waals surface area contributed by atoms with Crippen LogP contribution in [0.1, 0.15) is 20.7 Å². The molecule has 0 radical (unpaired) electrons. The van der Waals surface area contributed by atoms with Gasteiger partial charge in [0.15, 0.2) is 0 Å². The number of phenolic OH excluding ortho intramolecular Hbond substituents is 2. The van der Waals surface area contributed by atoms with Gasteiger partial charge in [-0.3, -0.25) is 0 Å². The highest BCUT2D eigenvalue weighted by molar-refractivity contribution is 6.11. The number of carbonyl (C=O) groups excluding carboxylic acids is 2. The maximum absolute atomic E-state index is 13.7. The molecule has 6 nitrogen and oxygen atoms in total. The number of rotatable bonds is 5. The van der Waals surface area contributed by atoms with Crippen LogP contribution in [-0.2, 0) is 0 Å². The number of phenols is 2. The zero-order valence-corrected chi connectivity index (χ0v) is 25.4. The Labute approximate surface area is 274 Å². The second-order valence-electron chi connectivity index (χ2n) is 11.6. The van der Waals surface area contributed by atoms with Gasteiger partial charge in [0.05, 0.1) is 11.1 Å². The standard InChI is InChI=1S/C42H26O6/c43-33-17-13-27-21-31(11-9-29(27)23-33)41(45)47-37-19-15-25-5-1-3-7-35(25)39(37)40-36-8-4-2-6-26(36)16-20-38(40)48-42(46)32-12-10-30-24-34(44)18-14-28(30)22-32/h1-24,43-44H. The number of esters is 2. The smallest absolute Gasteiger partial charge is 0.343 e. The number of ether oxygens (including phenoxy) is 2. The van der Waals surface area contributed by atoms with Gasteiger partial charge in [-0.2, -0.15) is 0 Å². The Hall–Kier alpha value is -6.66. The number of benzene rings is 8. The van der Waals surface area contributed by atoms with E-state index in [0.717, 1.165) is 43.1 Å². The van der Waals surface area contributed by atoms with E-state index in [1.165, 1.54) is 0 Å². The van der Waals surface area contributed by atoms with E-state index in [1.54, 1.807) is 84.9 Å². The van der Waals surface area contributed by atoms with Crippen LogP contribution in [0.25, 0.3) is 54.2 Å². The van der Waals surface area contributed by atoms with Crippen molar-refractivity contribution in [2.45, 2.75) is 0 Å². The summed E-state index contributed by atoms with van der Waals surface area (Å²) in [6.45, 7) is 0. The topological polar surface area (TPSA) is 93.1 Å². The van der Waals surface area contributed by atoms with Gasteiger partial charge in [-0.05, 0) is 104 Å². The van der Waals surface area contributed by atoms with Gasteiger partial charge in [-0.1, -0.05) is 84.9 Å². The van der Waals surface area contributed by atoms with Gasteiger partial charge in [0.25, 0.3) is 0 Å². The summed E-state index contributed by atoms with van der Waals surface area (Å²) in [5, 5.41) is 26.4. The molecule has 6 heteroatoms. The minimum absolute atomic E-state index is 0.145. The Morgan fingerprint density at radius 2 is 0.771 bits per heavy atom. The van der Waals surface area contributed by atoms with Crippen LogP contribution in [0, 0.1) is 0 Å². The maximum Gasteiger partial charge on any atom is 0.343 e. The fourth-order valence-electron chi connectivity index (χ4n) is 6.23. The van der Waals surface area contributed by atoms with Gasteiger partial charge in [0.2, 0.25) is 0 Å². The van der Waals surface area contributed by atoms with Crippen LogP contribution in [0.2, 0.25) is 0 Å². The van der Waals surface area contributed by atoms with Crippen molar-refractivity contribution in [1.82, 2.24) is 0 Å². The fraction of sp³-hybridized carbons (Fsp3) is 0. The average Bonchev–Trinajstić information content (AvgIpc) is 3.11. The van der Waals surface area contributed by atoms with Crippen molar-refractivity contribution >= 4 is 55.0 Å². The first-order chi connectivity index (χ1) is 23.4. The Kier molecular flexibility index (Phi) is 6.96. The lowest BCUT2D eigenvalue weighted by Gasteiger charge is -2.19. The van der Waals surface area contributed by atoms with Crippen LogP contribution >= 0.6 is 0 Å². The summed E-state index contributed by atoms with van der Waals surface area (Å²) < 4.78 is 12.3. The number of carbonyl (C=O) groups is 2. The molecular weight excluding hydrogens is 600 g/mol. The van der Waals surface area contributed by atoms with Crippen molar-refractivity contribution in [3.63, 3.8) is 0 Å². The fourth-order valence-corrected chi connectivity index (χ4v) is 6.23. The van der Waals surface area contributed by atoms with Gasteiger partial charge >= 0.3 is 11.9 Å². The number of hydrogen-bond donors (Lipinski definition) is 2. The van der Waals surface area contributed by atoms with E-state index >= 15 is 0 Å². The number of hydrogen-bond acceptors (Lipinski definition) is 6. The molecule has 2 N–H and O–H groups in total. The van der Waals surface area contributed by atoms with Gasteiger partial charge in [0, 0.05) is 11.1 Å². The molecule has 230 valence electrons. The summed E-state index contributed by atoms with van der Waals surface area (Å²) in [6, 6.07) is 43.2. The SMILES string of the molecule is O=C(Oc1ccc2ccccc2c1-c1c(OC(=O)c2ccc3cc(O)ccc3c2)ccc2ccccc12)c1ccc2cc(O)ccc2c1. The van der Waals surface area contributed by atoms with Gasteiger partial charge in [0.1, 0.15) is 23.0 Å². The molecule has 0 atom stereocenters. The van der Waals surface area contributed by atoms with Gasteiger partial charge in [-0.25, -0.2) is 9.59 Å².